The number of nitrogens with one attached hydrogen (secondary N) is 1. The Hall–Kier alpha value is -3.39. The maximum Gasteiger partial charge on any atom is 0.214 e. The number of amidine groups is 1. The lowest BCUT2D eigenvalue weighted by Gasteiger charge is -2.32. The number of hydrogen-bond donors (Lipinski definition) is 3. The molecular weight excluding hydrogens is 408 g/mol. The van der Waals surface area contributed by atoms with Gasteiger partial charge in [0.05, 0.1) is 34.0 Å². The summed E-state index contributed by atoms with van der Waals surface area (Å²) in [5.74, 6) is 1.96. The van der Waals surface area contributed by atoms with Gasteiger partial charge in [0.25, 0.3) is 0 Å². The molecule has 3 rings (SSSR count). The van der Waals surface area contributed by atoms with Crippen molar-refractivity contribution in [3.8, 4) is 23.0 Å². The minimum atomic E-state index is -1.26. The highest BCUT2D eigenvalue weighted by Gasteiger charge is 2.33. The van der Waals surface area contributed by atoms with E-state index in [1.165, 1.54) is 0 Å². The summed E-state index contributed by atoms with van der Waals surface area (Å²) in [5.41, 5.74) is 16.7. The number of rotatable bonds is 8. The standard InChI is InChI=1S/C24H32N4O4/c1-14(2)18-12-22(32-6)21(31-5)10-15(18)9-16-13-27-24(26,28-23(16)25)19-8-7-17(29-3)11-20(19)30-4/h7-8,10-14,27H,9,26H2,1-6H3,(H2,25,28). The van der Waals surface area contributed by atoms with E-state index in [2.05, 4.69) is 24.2 Å². The van der Waals surface area contributed by atoms with Crippen LogP contribution in [0.25, 0.3) is 0 Å². The average molecular weight is 441 g/mol. The molecule has 1 unspecified atom stereocenters. The molecule has 2 aromatic rings. The predicted octanol–water partition coefficient (Wildman–Crippen LogP) is 3.00. The Morgan fingerprint density at radius 2 is 1.59 bits per heavy atom. The Morgan fingerprint density at radius 1 is 0.938 bits per heavy atom. The highest BCUT2D eigenvalue weighted by molar-refractivity contribution is 5.98. The van der Waals surface area contributed by atoms with Crippen molar-refractivity contribution in [2.24, 2.45) is 16.5 Å². The molecule has 1 heterocycles. The van der Waals surface area contributed by atoms with Gasteiger partial charge in [-0.25, -0.2) is 4.99 Å². The molecule has 0 radical (unpaired) electrons. The van der Waals surface area contributed by atoms with Gasteiger partial charge < -0.3 is 30.0 Å². The van der Waals surface area contributed by atoms with Gasteiger partial charge in [0, 0.05) is 24.3 Å². The molecule has 0 bridgehead atoms. The van der Waals surface area contributed by atoms with Crippen LogP contribution < -0.4 is 35.7 Å². The van der Waals surface area contributed by atoms with Gasteiger partial charge in [0.1, 0.15) is 17.3 Å². The third-order valence-corrected chi connectivity index (χ3v) is 5.56. The van der Waals surface area contributed by atoms with Crippen molar-refractivity contribution in [3.05, 3.63) is 58.8 Å². The molecule has 2 aromatic carbocycles. The zero-order chi connectivity index (χ0) is 23.5. The summed E-state index contributed by atoms with van der Waals surface area (Å²) in [4.78, 5) is 4.59. The van der Waals surface area contributed by atoms with E-state index in [9.17, 15) is 0 Å². The van der Waals surface area contributed by atoms with Crippen molar-refractivity contribution in [2.45, 2.75) is 32.0 Å². The van der Waals surface area contributed by atoms with Crippen LogP contribution in [0.5, 0.6) is 23.0 Å². The predicted molar refractivity (Wildman–Crippen MR) is 126 cm³/mol. The van der Waals surface area contributed by atoms with Gasteiger partial charge in [0.2, 0.25) is 5.79 Å². The lowest BCUT2D eigenvalue weighted by atomic mass is 9.91. The molecule has 0 saturated heterocycles. The highest BCUT2D eigenvalue weighted by Crippen LogP contribution is 2.36. The quantitative estimate of drug-likeness (QED) is 0.578. The Labute approximate surface area is 189 Å². The first-order valence-electron chi connectivity index (χ1n) is 10.3. The summed E-state index contributed by atoms with van der Waals surface area (Å²) in [6, 6.07) is 9.37. The fraction of sp³-hybridized carbons (Fsp3) is 0.375. The molecule has 8 nitrogen and oxygen atoms in total. The van der Waals surface area contributed by atoms with E-state index < -0.39 is 5.79 Å². The van der Waals surface area contributed by atoms with Crippen LogP contribution in [0.2, 0.25) is 0 Å². The fourth-order valence-electron chi connectivity index (χ4n) is 3.79. The van der Waals surface area contributed by atoms with Crippen LogP contribution in [-0.4, -0.2) is 34.3 Å². The maximum atomic E-state index is 6.58. The van der Waals surface area contributed by atoms with Gasteiger partial charge in [0.15, 0.2) is 11.5 Å². The van der Waals surface area contributed by atoms with E-state index >= 15 is 0 Å². The Morgan fingerprint density at radius 3 is 2.16 bits per heavy atom. The normalized spacial score (nSPS) is 17.9. The van der Waals surface area contributed by atoms with E-state index in [1.54, 1.807) is 40.6 Å². The van der Waals surface area contributed by atoms with Crippen LogP contribution in [0.1, 0.15) is 36.5 Å². The van der Waals surface area contributed by atoms with Gasteiger partial charge in [-0.05, 0) is 41.3 Å². The number of methoxy groups -OCH3 is 4. The zero-order valence-corrected chi connectivity index (χ0v) is 19.5. The molecule has 32 heavy (non-hydrogen) atoms. The maximum absolute atomic E-state index is 6.58. The summed E-state index contributed by atoms with van der Waals surface area (Å²) in [7, 11) is 6.42. The summed E-state index contributed by atoms with van der Waals surface area (Å²) in [5, 5.41) is 3.20. The lowest BCUT2D eigenvalue weighted by molar-refractivity contribution is 0.353. The molecule has 0 saturated carbocycles. The Bertz CT molecular complexity index is 1050. The number of ether oxygens (including phenoxy) is 4. The molecule has 1 aliphatic heterocycles. The molecule has 0 spiro atoms. The number of aliphatic imine (C=N–C) groups is 1. The van der Waals surface area contributed by atoms with Crippen LogP contribution in [0, 0.1) is 0 Å². The molecule has 0 aliphatic carbocycles. The fourth-order valence-corrected chi connectivity index (χ4v) is 3.79. The SMILES string of the molecule is COc1ccc(C2(N)N=C(N)C(Cc3cc(OC)c(OC)cc3C(C)C)=CN2)c(OC)c1. The van der Waals surface area contributed by atoms with Crippen molar-refractivity contribution in [3.63, 3.8) is 0 Å². The molecule has 8 heteroatoms. The summed E-state index contributed by atoms with van der Waals surface area (Å²) in [6.07, 6.45) is 2.37. The second kappa shape index (κ2) is 9.40. The first kappa shape index (κ1) is 23.3. The number of hydrogen-bond acceptors (Lipinski definition) is 8. The van der Waals surface area contributed by atoms with E-state index in [0.717, 1.165) is 16.7 Å². The number of benzene rings is 2. The van der Waals surface area contributed by atoms with Crippen LogP contribution in [-0.2, 0) is 12.2 Å². The molecule has 0 fully saturated rings. The van der Waals surface area contributed by atoms with E-state index in [-0.39, 0.29) is 5.92 Å². The largest absolute Gasteiger partial charge is 0.497 e. The van der Waals surface area contributed by atoms with Crippen molar-refractivity contribution >= 4 is 5.84 Å². The third-order valence-electron chi connectivity index (χ3n) is 5.56. The first-order valence-corrected chi connectivity index (χ1v) is 10.3. The van der Waals surface area contributed by atoms with Crippen molar-refractivity contribution in [1.29, 1.82) is 0 Å². The molecule has 1 aliphatic rings. The van der Waals surface area contributed by atoms with Gasteiger partial charge in [-0.1, -0.05) is 13.8 Å². The zero-order valence-electron chi connectivity index (χ0n) is 19.5. The third kappa shape index (κ3) is 4.45. The van der Waals surface area contributed by atoms with Crippen LogP contribution in [0.4, 0.5) is 0 Å². The molecule has 0 aromatic heterocycles. The van der Waals surface area contributed by atoms with E-state index in [0.29, 0.717) is 40.8 Å². The van der Waals surface area contributed by atoms with Crippen LogP contribution >= 0.6 is 0 Å². The second-order valence-electron chi connectivity index (χ2n) is 7.88. The molecule has 5 N–H and O–H groups in total. The van der Waals surface area contributed by atoms with Crippen molar-refractivity contribution < 1.29 is 18.9 Å². The van der Waals surface area contributed by atoms with Gasteiger partial charge >= 0.3 is 0 Å². The van der Waals surface area contributed by atoms with Gasteiger partial charge in [-0.15, -0.1) is 0 Å². The summed E-state index contributed by atoms with van der Waals surface area (Å²) >= 11 is 0. The smallest absolute Gasteiger partial charge is 0.214 e. The van der Waals surface area contributed by atoms with E-state index in [4.69, 9.17) is 30.4 Å². The minimum Gasteiger partial charge on any atom is -0.497 e. The molecule has 172 valence electrons. The minimum absolute atomic E-state index is 0.289. The topological polar surface area (TPSA) is 113 Å². The highest BCUT2D eigenvalue weighted by atomic mass is 16.5. The summed E-state index contributed by atoms with van der Waals surface area (Å²) in [6.45, 7) is 4.27. The summed E-state index contributed by atoms with van der Waals surface area (Å²) < 4.78 is 21.7. The van der Waals surface area contributed by atoms with Gasteiger partial charge in [-0.3, -0.25) is 5.73 Å². The Kier molecular flexibility index (Phi) is 6.84. The molecule has 0 amide bonds. The second-order valence-corrected chi connectivity index (χ2v) is 7.88. The van der Waals surface area contributed by atoms with Crippen LogP contribution in [0.3, 0.4) is 0 Å². The molecule has 1 atom stereocenters. The average Bonchev–Trinajstić information content (AvgIpc) is 2.79. The van der Waals surface area contributed by atoms with Crippen molar-refractivity contribution in [2.75, 3.05) is 28.4 Å². The Balaban J connectivity index is 1.94. The monoisotopic (exact) mass is 440 g/mol. The number of nitrogens with zero attached hydrogens (tertiary/aromatic N) is 1. The van der Waals surface area contributed by atoms with Crippen LogP contribution in [0.15, 0.2) is 47.1 Å². The lowest BCUT2D eigenvalue weighted by Crippen LogP contribution is -2.50. The van der Waals surface area contributed by atoms with Gasteiger partial charge in [-0.2, -0.15) is 0 Å². The number of nitrogens with two attached hydrogens (primary N) is 2. The van der Waals surface area contributed by atoms with Crippen molar-refractivity contribution in [1.82, 2.24) is 5.32 Å². The molecular formula is C24H32N4O4. The van der Waals surface area contributed by atoms with E-state index in [1.807, 2.05) is 24.4 Å². The first-order chi connectivity index (χ1) is 15.3.